The molecule has 4 heteroatoms. The second kappa shape index (κ2) is 4.65. The van der Waals surface area contributed by atoms with Crippen molar-refractivity contribution in [1.29, 1.82) is 0 Å². The number of benzene rings is 1. The molecule has 2 heterocycles. The number of H-pyrrole nitrogens is 1. The fourth-order valence-electron chi connectivity index (χ4n) is 2.31. The normalized spacial score (nSPS) is 10.8. The van der Waals surface area contributed by atoms with Crippen LogP contribution in [0.4, 0.5) is 0 Å². The fourth-order valence-corrected chi connectivity index (χ4v) is 2.31. The Kier molecular flexibility index (Phi) is 2.83. The van der Waals surface area contributed by atoms with E-state index in [1.54, 1.807) is 18.6 Å². The lowest BCUT2D eigenvalue weighted by atomic mass is 10.0. The smallest absolute Gasteiger partial charge is 0.171 e. The molecule has 19 heavy (non-hydrogen) atoms. The van der Waals surface area contributed by atoms with Crippen LogP contribution in [0.3, 0.4) is 0 Å². The van der Waals surface area contributed by atoms with Gasteiger partial charge in [0.05, 0.1) is 12.1 Å². The van der Waals surface area contributed by atoms with Crippen molar-refractivity contribution in [3.8, 4) is 0 Å². The van der Waals surface area contributed by atoms with E-state index in [9.17, 15) is 4.79 Å². The summed E-state index contributed by atoms with van der Waals surface area (Å²) in [4.78, 5) is 23.8. The van der Waals surface area contributed by atoms with E-state index in [0.29, 0.717) is 5.69 Å². The highest BCUT2D eigenvalue weighted by atomic mass is 16.1. The Morgan fingerprint density at radius 1 is 1.26 bits per heavy atom. The van der Waals surface area contributed by atoms with Crippen LogP contribution in [0.2, 0.25) is 0 Å². The first kappa shape index (κ1) is 11.6. The van der Waals surface area contributed by atoms with Crippen molar-refractivity contribution in [3.05, 3.63) is 59.8 Å². The minimum atomic E-state index is 0.0652. The third-order valence-corrected chi connectivity index (χ3v) is 3.13. The van der Waals surface area contributed by atoms with Crippen molar-refractivity contribution >= 4 is 16.7 Å². The van der Waals surface area contributed by atoms with Crippen LogP contribution in [0.5, 0.6) is 0 Å². The molecular weight excluding hydrogens is 238 g/mol. The van der Waals surface area contributed by atoms with Crippen LogP contribution in [0.1, 0.15) is 21.7 Å². The van der Waals surface area contributed by atoms with Crippen LogP contribution in [-0.4, -0.2) is 20.7 Å². The number of aromatic nitrogens is 3. The first-order chi connectivity index (χ1) is 9.25. The molecule has 0 saturated carbocycles. The number of ketones is 1. The maximum Gasteiger partial charge on any atom is 0.171 e. The summed E-state index contributed by atoms with van der Waals surface area (Å²) in [5.41, 5.74) is 3.33. The van der Waals surface area contributed by atoms with E-state index in [1.807, 2.05) is 31.2 Å². The van der Waals surface area contributed by atoms with Crippen LogP contribution < -0.4 is 0 Å². The number of para-hydroxylation sites is 1. The van der Waals surface area contributed by atoms with E-state index in [-0.39, 0.29) is 12.2 Å². The largest absolute Gasteiger partial charge is 0.358 e. The van der Waals surface area contributed by atoms with Crippen molar-refractivity contribution in [3.63, 3.8) is 0 Å². The third-order valence-electron chi connectivity index (χ3n) is 3.13. The molecule has 3 aromatic rings. The number of fused-ring (bicyclic) bond motifs is 1. The van der Waals surface area contributed by atoms with Crippen LogP contribution in [0.25, 0.3) is 10.9 Å². The van der Waals surface area contributed by atoms with Crippen LogP contribution in [-0.2, 0) is 6.42 Å². The lowest BCUT2D eigenvalue weighted by Crippen LogP contribution is -2.06. The summed E-state index contributed by atoms with van der Waals surface area (Å²) in [6, 6.07) is 7.83. The molecule has 0 aliphatic heterocycles. The topological polar surface area (TPSA) is 58.6 Å². The van der Waals surface area contributed by atoms with Gasteiger partial charge in [0.2, 0.25) is 0 Å². The van der Waals surface area contributed by atoms with Crippen molar-refractivity contribution < 1.29 is 4.79 Å². The molecule has 0 bridgehead atoms. The highest BCUT2D eigenvalue weighted by molar-refractivity contribution is 6.09. The van der Waals surface area contributed by atoms with Gasteiger partial charge in [-0.25, -0.2) is 0 Å². The van der Waals surface area contributed by atoms with Crippen molar-refractivity contribution in [2.45, 2.75) is 13.3 Å². The summed E-state index contributed by atoms with van der Waals surface area (Å²) in [6.07, 6.45) is 5.11. The average molecular weight is 251 g/mol. The lowest BCUT2D eigenvalue weighted by Gasteiger charge is -2.00. The van der Waals surface area contributed by atoms with E-state index in [2.05, 4.69) is 15.0 Å². The first-order valence-electron chi connectivity index (χ1n) is 6.11. The van der Waals surface area contributed by atoms with Gasteiger partial charge in [0.1, 0.15) is 0 Å². The van der Waals surface area contributed by atoms with E-state index in [4.69, 9.17) is 0 Å². The molecule has 1 aromatic carbocycles. The summed E-state index contributed by atoms with van der Waals surface area (Å²) in [5.74, 6) is 0.0652. The summed E-state index contributed by atoms with van der Waals surface area (Å²) < 4.78 is 0. The number of carbonyl (C=O) groups excluding carboxylic acids is 1. The number of carbonyl (C=O) groups is 1. The minimum absolute atomic E-state index is 0.0652. The molecular formula is C15H13N3O. The Labute approximate surface area is 110 Å². The van der Waals surface area contributed by atoms with E-state index in [0.717, 1.165) is 22.2 Å². The van der Waals surface area contributed by atoms with E-state index in [1.165, 1.54) is 0 Å². The highest BCUT2D eigenvalue weighted by Crippen LogP contribution is 2.23. The predicted molar refractivity (Wildman–Crippen MR) is 73.1 cm³/mol. The zero-order valence-corrected chi connectivity index (χ0v) is 10.6. The van der Waals surface area contributed by atoms with Crippen LogP contribution in [0, 0.1) is 6.92 Å². The number of nitrogens with one attached hydrogen (secondary N) is 1. The molecule has 94 valence electrons. The quantitative estimate of drug-likeness (QED) is 0.728. The molecule has 0 unspecified atom stereocenters. The van der Waals surface area contributed by atoms with Gasteiger partial charge < -0.3 is 4.98 Å². The number of hydrogen-bond donors (Lipinski definition) is 1. The minimum Gasteiger partial charge on any atom is -0.358 e. The second-order valence-corrected chi connectivity index (χ2v) is 4.47. The maximum atomic E-state index is 12.4. The fraction of sp³-hybridized carbons (Fsp3) is 0.133. The van der Waals surface area contributed by atoms with Crippen LogP contribution in [0.15, 0.2) is 42.9 Å². The standard InChI is InChI=1S/C15H13N3O/c1-10-15(12-4-2-3-5-13(12)18-10)14(19)8-11-9-16-6-7-17-11/h2-7,9,18H,8H2,1H3. The van der Waals surface area contributed by atoms with Gasteiger partial charge in [-0.3, -0.25) is 14.8 Å². The van der Waals surface area contributed by atoms with Gasteiger partial charge in [-0.05, 0) is 13.0 Å². The number of nitrogens with zero attached hydrogens (tertiary/aromatic N) is 2. The van der Waals surface area contributed by atoms with E-state index >= 15 is 0 Å². The summed E-state index contributed by atoms with van der Waals surface area (Å²) in [6.45, 7) is 1.92. The molecule has 0 radical (unpaired) electrons. The first-order valence-corrected chi connectivity index (χ1v) is 6.11. The zero-order valence-electron chi connectivity index (χ0n) is 10.6. The molecule has 0 spiro atoms. The summed E-state index contributed by atoms with van der Waals surface area (Å²) in [5, 5.41) is 0.967. The van der Waals surface area contributed by atoms with Crippen molar-refractivity contribution in [1.82, 2.24) is 15.0 Å². The Balaban J connectivity index is 2.00. The average Bonchev–Trinajstić information content (AvgIpc) is 2.75. The van der Waals surface area contributed by atoms with E-state index < -0.39 is 0 Å². The molecule has 0 saturated heterocycles. The Hall–Kier alpha value is -2.49. The van der Waals surface area contributed by atoms with Gasteiger partial charge in [-0.2, -0.15) is 0 Å². The number of aromatic amines is 1. The number of rotatable bonds is 3. The van der Waals surface area contributed by atoms with Gasteiger partial charge in [0, 0.05) is 40.8 Å². The molecule has 1 N–H and O–H groups in total. The molecule has 0 aliphatic carbocycles. The second-order valence-electron chi connectivity index (χ2n) is 4.47. The van der Waals surface area contributed by atoms with Crippen LogP contribution >= 0.6 is 0 Å². The summed E-state index contributed by atoms with van der Waals surface area (Å²) in [7, 11) is 0. The summed E-state index contributed by atoms with van der Waals surface area (Å²) >= 11 is 0. The highest BCUT2D eigenvalue weighted by Gasteiger charge is 2.16. The molecule has 4 nitrogen and oxygen atoms in total. The predicted octanol–water partition coefficient (Wildman–Crippen LogP) is 2.69. The molecule has 3 rings (SSSR count). The van der Waals surface area contributed by atoms with Gasteiger partial charge in [0.15, 0.2) is 5.78 Å². The third kappa shape index (κ3) is 2.12. The number of hydrogen-bond acceptors (Lipinski definition) is 3. The molecule has 2 aromatic heterocycles. The molecule has 0 aliphatic rings. The Bertz CT molecular complexity index is 731. The molecule has 0 atom stereocenters. The van der Waals surface area contributed by atoms with Gasteiger partial charge in [-0.15, -0.1) is 0 Å². The van der Waals surface area contributed by atoms with Gasteiger partial charge in [-0.1, -0.05) is 18.2 Å². The Morgan fingerprint density at radius 3 is 2.89 bits per heavy atom. The monoisotopic (exact) mass is 251 g/mol. The van der Waals surface area contributed by atoms with Gasteiger partial charge >= 0.3 is 0 Å². The lowest BCUT2D eigenvalue weighted by molar-refractivity contribution is 0.0993. The Morgan fingerprint density at radius 2 is 2.11 bits per heavy atom. The number of Topliss-reactive ketones (excluding diaryl/α,β-unsaturated/α-hetero) is 1. The SMILES string of the molecule is Cc1[nH]c2ccccc2c1C(=O)Cc1cnccn1. The molecule has 0 amide bonds. The molecule has 0 fully saturated rings. The zero-order chi connectivity index (χ0) is 13.2. The van der Waals surface area contributed by atoms with Gasteiger partial charge in [0.25, 0.3) is 0 Å². The maximum absolute atomic E-state index is 12.4. The number of aryl methyl sites for hydroxylation is 1. The van der Waals surface area contributed by atoms with Crippen molar-refractivity contribution in [2.24, 2.45) is 0 Å². The van der Waals surface area contributed by atoms with Crippen molar-refractivity contribution in [2.75, 3.05) is 0 Å².